The maximum Gasteiger partial charge on any atom is 0.231 e. The normalized spacial score (nSPS) is 12.2. The van der Waals surface area contributed by atoms with Gasteiger partial charge < -0.3 is 19.9 Å². The maximum atomic E-state index is 13.9. The van der Waals surface area contributed by atoms with Crippen LogP contribution in [-0.4, -0.2) is 11.8 Å². The van der Waals surface area contributed by atoms with Crippen molar-refractivity contribution in [1.29, 1.82) is 0 Å². The van der Waals surface area contributed by atoms with Crippen LogP contribution in [0.25, 0.3) is 0 Å². The number of rotatable bonds is 4. The van der Waals surface area contributed by atoms with Crippen molar-refractivity contribution in [2.24, 2.45) is 5.73 Å². The second-order valence-corrected chi connectivity index (χ2v) is 4.91. The fourth-order valence-corrected chi connectivity index (χ4v) is 2.07. The first-order valence-corrected chi connectivity index (χ1v) is 6.65. The second-order valence-electron chi connectivity index (χ2n) is 4.47. The van der Waals surface area contributed by atoms with Crippen LogP contribution in [0.15, 0.2) is 36.4 Å². The molecule has 21 heavy (non-hydrogen) atoms. The van der Waals surface area contributed by atoms with E-state index in [4.69, 9.17) is 32.2 Å². The third-order valence-electron chi connectivity index (χ3n) is 3.08. The van der Waals surface area contributed by atoms with E-state index >= 15 is 0 Å². The zero-order chi connectivity index (χ0) is 14.8. The Hall–Kier alpha value is -2.34. The highest BCUT2D eigenvalue weighted by molar-refractivity contribution is 7.80. The molecule has 0 fully saturated rings. The third kappa shape index (κ3) is 2.90. The molecule has 3 rings (SSSR count). The van der Waals surface area contributed by atoms with Crippen molar-refractivity contribution in [2.45, 2.75) is 6.61 Å². The van der Waals surface area contributed by atoms with Gasteiger partial charge >= 0.3 is 0 Å². The minimum Gasteiger partial charge on any atom is -0.489 e. The van der Waals surface area contributed by atoms with Gasteiger partial charge in [-0.1, -0.05) is 24.4 Å². The number of fused-ring (bicyclic) bond motifs is 1. The first kappa shape index (κ1) is 13.6. The van der Waals surface area contributed by atoms with E-state index in [1.807, 2.05) is 0 Å². The molecular formula is C15H12FNO3S. The third-order valence-corrected chi connectivity index (χ3v) is 3.31. The fourth-order valence-electron chi connectivity index (χ4n) is 1.95. The predicted octanol–water partition coefficient (Wildman–Crippen LogP) is 2.77. The van der Waals surface area contributed by atoms with Crippen molar-refractivity contribution in [3.63, 3.8) is 0 Å². The van der Waals surface area contributed by atoms with Gasteiger partial charge in [-0.3, -0.25) is 0 Å². The lowest BCUT2D eigenvalue weighted by atomic mass is 10.1. The summed E-state index contributed by atoms with van der Waals surface area (Å²) in [7, 11) is 0. The van der Waals surface area contributed by atoms with Crippen LogP contribution in [0.2, 0.25) is 0 Å². The molecule has 0 saturated carbocycles. The first-order chi connectivity index (χ1) is 10.1. The predicted molar refractivity (Wildman–Crippen MR) is 79.2 cm³/mol. The van der Waals surface area contributed by atoms with Gasteiger partial charge in [0.2, 0.25) is 6.79 Å². The lowest BCUT2D eigenvalue weighted by Gasteiger charge is -2.09. The average Bonchev–Trinajstić information content (AvgIpc) is 2.93. The largest absolute Gasteiger partial charge is 0.489 e. The monoisotopic (exact) mass is 305 g/mol. The zero-order valence-corrected chi connectivity index (χ0v) is 11.8. The number of hydrogen-bond acceptors (Lipinski definition) is 4. The lowest BCUT2D eigenvalue weighted by Crippen LogP contribution is -2.10. The van der Waals surface area contributed by atoms with Crippen molar-refractivity contribution < 1.29 is 18.6 Å². The van der Waals surface area contributed by atoms with Crippen molar-refractivity contribution in [3.05, 3.63) is 53.3 Å². The number of hydrogen-bond donors (Lipinski definition) is 1. The molecule has 0 aliphatic carbocycles. The quantitative estimate of drug-likeness (QED) is 0.880. The van der Waals surface area contributed by atoms with Crippen molar-refractivity contribution in [3.8, 4) is 17.2 Å². The number of ether oxygens (including phenoxy) is 3. The topological polar surface area (TPSA) is 53.7 Å². The van der Waals surface area contributed by atoms with Crippen LogP contribution in [0.5, 0.6) is 17.2 Å². The molecule has 1 heterocycles. The van der Waals surface area contributed by atoms with E-state index in [0.717, 1.165) is 0 Å². The molecule has 2 N–H and O–H groups in total. The molecule has 6 heteroatoms. The number of halogens is 1. The summed E-state index contributed by atoms with van der Waals surface area (Å²) in [4.78, 5) is 0.164. The first-order valence-electron chi connectivity index (χ1n) is 6.24. The van der Waals surface area contributed by atoms with Crippen LogP contribution in [0.3, 0.4) is 0 Å². The molecule has 1 aliphatic heterocycles. The Morgan fingerprint density at radius 3 is 2.76 bits per heavy atom. The van der Waals surface area contributed by atoms with Crippen molar-refractivity contribution in [1.82, 2.24) is 0 Å². The highest BCUT2D eigenvalue weighted by atomic mass is 32.1. The Balaban J connectivity index is 1.71. The maximum absolute atomic E-state index is 13.9. The van der Waals surface area contributed by atoms with E-state index in [1.54, 1.807) is 30.3 Å². The number of thiocarbonyl (C=S) groups is 1. The van der Waals surface area contributed by atoms with Gasteiger partial charge in [-0.2, -0.15) is 0 Å². The number of nitrogens with two attached hydrogens (primary N) is 1. The lowest BCUT2D eigenvalue weighted by molar-refractivity contribution is 0.173. The molecular weight excluding hydrogens is 293 g/mol. The minimum absolute atomic E-state index is 0.100. The van der Waals surface area contributed by atoms with Crippen LogP contribution >= 0.6 is 12.2 Å². The second kappa shape index (κ2) is 5.57. The van der Waals surface area contributed by atoms with E-state index < -0.39 is 5.82 Å². The van der Waals surface area contributed by atoms with E-state index in [9.17, 15) is 4.39 Å². The van der Waals surface area contributed by atoms with Crippen LogP contribution in [-0.2, 0) is 6.61 Å². The smallest absolute Gasteiger partial charge is 0.231 e. The van der Waals surface area contributed by atoms with Gasteiger partial charge in [0.15, 0.2) is 11.5 Å². The highest BCUT2D eigenvalue weighted by Crippen LogP contribution is 2.35. The van der Waals surface area contributed by atoms with Gasteiger partial charge in [-0.25, -0.2) is 4.39 Å². The van der Waals surface area contributed by atoms with Crippen molar-refractivity contribution >= 4 is 17.2 Å². The Bertz CT molecular complexity index is 705. The van der Waals surface area contributed by atoms with E-state index in [0.29, 0.717) is 28.4 Å². The van der Waals surface area contributed by atoms with E-state index in [2.05, 4.69) is 0 Å². The van der Waals surface area contributed by atoms with Gasteiger partial charge in [-0.05, 0) is 18.2 Å². The molecule has 0 saturated heterocycles. The minimum atomic E-state index is -0.402. The molecule has 1 aliphatic rings. The van der Waals surface area contributed by atoms with Crippen LogP contribution in [0.4, 0.5) is 4.39 Å². The van der Waals surface area contributed by atoms with Gasteiger partial charge in [-0.15, -0.1) is 0 Å². The van der Waals surface area contributed by atoms with Crippen LogP contribution < -0.4 is 19.9 Å². The molecule has 2 aromatic carbocycles. The van der Waals surface area contributed by atoms with Crippen molar-refractivity contribution in [2.75, 3.05) is 6.79 Å². The molecule has 0 amide bonds. The molecule has 0 unspecified atom stereocenters. The molecule has 108 valence electrons. The fraction of sp³-hybridized carbons (Fsp3) is 0.133. The molecule has 4 nitrogen and oxygen atoms in total. The molecule has 0 bridgehead atoms. The van der Waals surface area contributed by atoms with E-state index in [1.165, 1.54) is 6.07 Å². The summed E-state index contributed by atoms with van der Waals surface area (Å²) >= 11 is 4.81. The Labute approximate surface area is 126 Å². The zero-order valence-electron chi connectivity index (χ0n) is 11.0. The number of benzene rings is 2. The Kier molecular flexibility index (Phi) is 3.62. The van der Waals surface area contributed by atoms with Gasteiger partial charge in [0, 0.05) is 17.2 Å². The Morgan fingerprint density at radius 2 is 2.00 bits per heavy atom. The van der Waals surface area contributed by atoms with Gasteiger partial charge in [0.05, 0.1) is 0 Å². The SMILES string of the molecule is NC(=S)c1ccc(COc2ccc3c(c2)OCO3)c(F)c1. The summed E-state index contributed by atoms with van der Waals surface area (Å²) < 4.78 is 29.9. The average molecular weight is 305 g/mol. The van der Waals surface area contributed by atoms with Crippen LogP contribution in [0, 0.1) is 5.82 Å². The van der Waals surface area contributed by atoms with Crippen LogP contribution in [0.1, 0.15) is 11.1 Å². The molecule has 0 spiro atoms. The highest BCUT2D eigenvalue weighted by Gasteiger charge is 2.14. The molecule has 0 aromatic heterocycles. The molecule has 0 atom stereocenters. The summed E-state index contributed by atoms with van der Waals surface area (Å²) in [6, 6.07) is 9.80. The summed E-state index contributed by atoms with van der Waals surface area (Å²) in [5.41, 5.74) is 6.38. The summed E-state index contributed by atoms with van der Waals surface area (Å²) in [6.45, 7) is 0.303. The standard InChI is InChI=1S/C15H12FNO3S/c16-12-5-9(15(17)21)1-2-10(12)7-18-11-3-4-13-14(6-11)20-8-19-13/h1-6H,7-8H2,(H2,17,21). The van der Waals surface area contributed by atoms with Gasteiger partial charge in [0.1, 0.15) is 23.2 Å². The van der Waals surface area contributed by atoms with Gasteiger partial charge in [0.25, 0.3) is 0 Å². The summed E-state index contributed by atoms with van der Waals surface area (Å²) in [5, 5.41) is 0. The Morgan fingerprint density at radius 1 is 1.19 bits per heavy atom. The van der Waals surface area contributed by atoms with E-state index in [-0.39, 0.29) is 18.4 Å². The molecule has 0 radical (unpaired) electrons. The summed E-state index contributed by atoms with van der Waals surface area (Å²) in [6.07, 6.45) is 0. The summed E-state index contributed by atoms with van der Waals surface area (Å²) in [5.74, 6) is 1.48. The molecule has 2 aromatic rings.